The molecule has 3 heterocycles. The fourth-order valence-corrected chi connectivity index (χ4v) is 3.20. The van der Waals surface area contributed by atoms with Crippen LogP contribution in [0.3, 0.4) is 0 Å². The van der Waals surface area contributed by atoms with Crippen LogP contribution in [-0.2, 0) is 7.05 Å². The Morgan fingerprint density at radius 2 is 2.16 bits per heavy atom. The number of hydrogen-bond donors (Lipinski definition) is 1. The molecule has 0 spiro atoms. The van der Waals surface area contributed by atoms with Gasteiger partial charge in [-0.05, 0) is 39.3 Å². The van der Waals surface area contributed by atoms with Gasteiger partial charge in [-0.25, -0.2) is 4.98 Å². The predicted molar refractivity (Wildman–Crippen MR) is 97.9 cm³/mol. The zero-order valence-electron chi connectivity index (χ0n) is 15.0. The van der Waals surface area contributed by atoms with Crippen LogP contribution in [0.4, 0.5) is 0 Å². The number of carbonyl (C=O) groups excluding carboxylic acids is 1. The molecule has 1 aliphatic heterocycles. The third kappa shape index (κ3) is 4.22. The lowest BCUT2D eigenvalue weighted by molar-refractivity contribution is 0.0635. The van der Waals surface area contributed by atoms with Crippen LogP contribution in [0, 0.1) is 6.92 Å². The van der Waals surface area contributed by atoms with Gasteiger partial charge in [0.2, 0.25) is 5.89 Å². The number of nitrogens with zero attached hydrogens (tertiary/aromatic N) is 4. The molecule has 1 aliphatic rings. The number of aromatic nitrogens is 3. The molecular formula is C17H26ClN5O2. The smallest absolute Gasteiger partial charge is 0.276 e. The summed E-state index contributed by atoms with van der Waals surface area (Å²) in [6.45, 7) is 6.55. The number of aryl methyl sites for hydroxylation is 2. The predicted octanol–water partition coefficient (Wildman–Crippen LogP) is 2.41. The number of piperidine rings is 1. The third-order valence-electron chi connectivity index (χ3n) is 4.43. The van der Waals surface area contributed by atoms with Crippen LogP contribution in [0.5, 0.6) is 0 Å². The Balaban J connectivity index is 0.00000225. The second-order valence-electron chi connectivity index (χ2n) is 6.31. The van der Waals surface area contributed by atoms with E-state index in [1.165, 1.54) is 0 Å². The average molecular weight is 368 g/mol. The van der Waals surface area contributed by atoms with E-state index in [2.05, 4.69) is 22.3 Å². The SMILES string of the molecule is CCCN(C(=O)c1nc(-c2cnn(C)c2)oc1C)C1CCNCC1.Cl. The number of oxazole rings is 1. The summed E-state index contributed by atoms with van der Waals surface area (Å²) >= 11 is 0. The van der Waals surface area contributed by atoms with E-state index in [-0.39, 0.29) is 24.4 Å². The second kappa shape index (κ2) is 8.49. The molecule has 7 nitrogen and oxygen atoms in total. The van der Waals surface area contributed by atoms with E-state index in [1.54, 1.807) is 17.8 Å². The van der Waals surface area contributed by atoms with Crippen molar-refractivity contribution in [3.8, 4) is 11.5 Å². The standard InChI is InChI=1S/C17H25N5O2.ClH/c1-4-9-22(14-5-7-18-8-6-14)17(23)15-12(2)24-16(20-15)13-10-19-21(3)11-13;/h10-11,14,18H,4-9H2,1-3H3;1H. The van der Waals surface area contributed by atoms with Crippen LogP contribution >= 0.6 is 12.4 Å². The van der Waals surface area contributed by atoms with Gasteiger partial charge in [-0.2, -0.15) is 5.10 Å². The van der Waals surface area contributed by atoms with E-state index in [1.807, 2.05) is 18.1 Å². The third-order valence-corrected chi connectivity index (χ3v) is 4.43. The maximum atomic E-state index is 13.1. The molecule has 0 aliphatic carbocycles. The molecule has 2 aromatic rings. The highest BCUT2D eigenvalue weighted by Gasteiger charge is 2.29. The zero-order chi connectivity index (χ0) is 17.1. The van der Waals surface area contributed by atoms with Crippen LogP contribution < -0.4 is 5.32 Å². The molecule has 8 heteroatoms. The van der Waals surface area contributed by atoms with Crippen molar-refractivity contribution >= 4 is 18.3 Å². The zero-order valence-corrected chi connectivity index (χ0v) is 15.8. The van der Waals surface area contributed by atoms with E-state index in [0.717, 1.165) is 44.5 Å². The molecule has 3 rings (SSSR count). The Kier molecular flexibility index (Phi) is 6.61. The van der Waals surface area contributed by atoms with Crippen molar-refractivity contribution in [1.29, 1.82) is 0 Å². The molecule has 0 aromatic carbocycles. The van der Waals surface area contributed by atoms with Gasteiger partial charge in [-0.1, -0.05) is 6.92 Å². The Labute approximate surface area is 154 Å². The molecule has 0 saturated carbocycles. The van der Waals surface area contributed by atoms with Gasteiger partial charge in [0.05, 0.1) is 11.8 Å². The van der Waals surface area contributed by atoms with Gasteiger partial charge >= 0.3 is 0 Å². The van der Waals surface area contributed by atoms with Crippen LogP contribution in [0.2, 0.25) is 0 Å². The highest BCUT2D eigenvalue weighted by atomic mass is 35.5. The van der Waals surface area contributed by atoms with Crippen molar-refractivity contribution in [2.75, 3.05) is 19.6 Å². The quantitative estimate of drug-likeness (QED) is 0.878. The second-order valence-corrected chi connectivity index (χ2v) is 6.31. The van der Waals surface area contributed by atoms with Gasteiger partial charge in [0.15, 0.2) is 5.69 Å². The van der Waals surface area contributed by atoms with E-state index < -0.39 is 0 Å². The molecule has 0 unspecified atom stereocenters. The normalized spacial score (nSPS) is 15.0. The Morgan fingerprint density at radius 1 is 1.44 bits per heavy atom. The van der Waals surface area contributed by atoms with Crippen LogP contribution in [0.15, 0.2) is 16.8 Å². The Bertz CT molecular complexity index is 706. The fourth-order valence-electron chi connectivity index (χ4n) is 3.20. The molecule has 1 fully saturated rings. The van der Waals surface area contributed by atoms with Crippen molar-refractivity contribution in [2.24, 2.45) is 7.05 Å². The molecule has 0 bridgehead atoms. The minimum Gasteiger partial charge on any atom is -0.440 e. The first-order valence-electron chi connectivity index (χ1n) is 8.58. The van der Waals surface area contributed by atoms with Crippen molar-refractivity contribution in [3.05, 3.63) is 23.8 Å². The number of carbonyl (C=O) groups is 1. The first kappa shape index (κ1) is 19.5. The Hall–Kier alpha value is -1.86. The molecule has 0 radical (unpaired) electrons. The maximum Gasteiger partial charge on any atom is 0.276 e. The maximum absolute atomic E-state index is 13.1. The van der Waals surface area contributed by atoms with Gasteiger partial charge < -0.3 is 14.6 Å². The lowest BCUT2D eigenvalue weighted by Crippen LogP contribution is -2.46. The molecule has 2 aromatic heterocycles. The molecule has 1 saturated heterocycles. The Morgan fingerprint density at radius 3 is 2.76 bits per heavy atom. The minimum atomic E-state index is -0.0276. The van der Waals surface area contributed by atoms with E-state index in [4.69, 9.17) is 4.42 Å². The fraction of sp³-hybridized carbons (Fsp3) is 0.588. The summed E-state index contributed by atoms with van der Waals surface area (Å²) in [5.74, 6) is 0.986. The molecule has 25 heavy (non-hydrogen) atoms. The number of hydrogen-bond acceptors (Lipinski definition) is 5. The monoisotopic (exact) mass is 367 g/mol. The van der Waals surface area contributed by atoms with Crippen molar-refractivity contribution in [1.82, 2.24) is 25.0 Å². The lowest BCUT2D eigenvalue weighted by atomic mass is 10.0. The van der Waals surface area contributed by atoms with Crippen molar-refractivity contribution in [3.63, 3.8) is 0 Å². The number of amides is 1. The number of nitrogens with one attached hydrogen (secondary N) is 1. The highest BCUT2D eigenvalue weighted by Crippen LogP contribution is 2.23. The van der Waals surface area contributed by atoms with Crippen LogP contribution in [0.1, 0.15) is 42.4 Å². The molecular weight excluding hydrogens is 342 g/mol. The summed E-state index contributed by atoms with van der Waals surface area (Å²) in [6.07, 6.45) is 6.42. The summed E-state index contributed by atoms with van der Waals surface area (Å²) in [5.41, 5.74) is 1.20. The van der Waals surface area contributed by atoms with Crippen molar-refractivity contribution < 1.29 is 9.21 Å². The average Bonchev–Trinajstić information content (AvgIpc) is 3.18. The van der Waals surface area contributed by atoms with Gasteiger partial charge in [0.25, 0.3) is 5.91 Å². The number of rotatable bonds is 5. The summed E-state index contributed by atoms with van der Waals surface area (Å²) in [5, 5.41) is 7.48. The largest absolute Gasteiger partial charge is 0.440 e. The van der Waals surface area contributed by atoms with Gasteiger partial charge in [-0.15, -0.1) is 12.4 Å². The number of halogens is 1. The first-order chi connectivity index (χ1) is 11.6. The van der Waals surface area contributed by atoms with Gasteiger partial charge in [0, 0.05) is 25.8 Å². The first-order valence-corrected chi connectivity index (χ1v) is 8.58. The van der Waals surface area contributed by atoms with E-state index in [9.17, 15) is 4.79 Å². The summed E-state index contributed by atoms with van der Waals surface area (Å²) in [6, 6.07) is 0.275. The van der Waals surface area contributed by atoms with E-state index in [0.29, 0.717) is 17.3 Å². The van der Waals surface area contributed by atoms with Crippen LogP contribution in [0.25, 0.3) is 11.5 Å². The summed E-state index contributed by atoms with van der Waals surface area (Å²) in [7, 11) is 1.84. The topological polar surface area (TPSA) is 76.2 Å². The van der Waals surface area contributed by atoms with Gasteiger partial charge in [0.1, 0.15) is 5.76 Å². The van der Waals surface area contributed by atoms with Gasteiger partial charge in [-0.3, -0.25) is 9.48 Å². The molecule has 1 N–H and O–H groups in total. The minimum absolute atomic E-state index is 0. The van der Waals surface area contributed by atoms with Crippen LogP contribution in [-0.4, -0.2) is 51.2 Å². The lowest BCUT2D eigenvalue weighted by Gasteiger charge is -2.34. The summed E-state index contributed by atoms with van der Waals surface area (Å²) < 4.78 is 7.42. The highest BCUT2D eigenvalue weighted by molar-refractivity contribution is 5.94. The van der Waals surface area contributed by atoms with E-state index >= 15 is 0 Å². The summed E-state index contributed by atoms with van der Waals surface area (Å²) in [4.78, 5) is 19.5. The molecule has 138 valence electrons. The molecule has 0 atom stereocenters. The van der Waals surface area contributed by atoms with Crippen molar-refractivity contribution in [2.45, 2.75) is 39.2 Å². The molecule has 1 amide bonds.